The number of carbonyl (C=O) groups is 2. The van der Waals surface area contributed by atoms with E-state index in [9.17, 15) is 9.59 Å². The number of hydrogen-bond donors (Lipinski definition) is 0. The van der Waals surface area contributed by atoms with Crippen LogP contribution in [0.2, 0.25) is 0 Å². The minimum Gasteiger partial charge on any atom is -0.457 e. The molecule has 10 atom stereocenters. The number of cyclic esters (lactones) is 1. The maximum absolute atomic E-state index is 13.6. The van der Waals surface area contributed by atoms with Gasteiger partial charge in [-0.05, 0) is 83.4 Å². The van der Waals surface area contributed by atoms with Crippen LogP contribution in [0.3, 0.4) is 0 Å². The van der Waals surface area contributed by atoms with Crippen LogP contribution in [-0.2, 0) is 33.2 Å². The molecule has 51 heavy (non-hydrogen) atoms. The molecule has 0 N–H and O–H groups in total. The zero-order valence-corrected chi connectivity index (χ0v) is 33.8. The summed E-state index contributed by atoms with van der Waals surface area (Å²) in [4.78, 5) is 30.8. The van der Waals surface area contributed by atoms with E-state index in [1.54, 1.807) is 12.0 Å². The third kappa shape index (κ3) is 13.3. The number of esters is 1. The third-order valence-corrected chi connectivity index (χ3v) is 10.9. The summed E-state index contributed by atoms with van der Waals surface area (Å²) in [6.07, 6.45) is 12.3. The van der Waals surface area contributed by atoms with Gasteiger partial charge in [-0.15, -0.1) is 0 Å². The lowest BCUT2D eigenvalue weighted by molar-refractivity contribution is -0.221. The van der Waals surface area contributed by atoms with Crippen molar-refractivity contribution in [2.75, 3.05) is 46.9 Å². The van der Waals surface area contributed by atoms with Crippen molar-refractivity contribution in [1.82, 2.24) is 9.80 Å². The molecule has 0 aliphatic carbocycles. The quantitative estimate of drug-likeness (QED) is 0.0592. The predicted octanol–water partition coefficient (Wildman–Crippen LogP) is 7.57. The Balaban J connectivity index is 1.84. The number of carbonyl (C=O) groups excluding carboxylic acids is 2. The first-order chi connectivity index (χ1) is 24.0. The van der Waals surface area contributed by atoms with Gasteiger partial charge in [0.05, 0.1) is 18.3 Å². The van der Waals surface area contributed by atoms with Gasteiger partial charge in [0.15, 0.2) is 12.4 Å². The van der Waals surface area contributed by atoms with E-state index in [4.69, 9.17) is 28.4 Å². The second kappa shape index (κ2) is 19.7. The highest BCUT2D eigenvalue weighted by Gasteiger charge is 2.47. The van der Waals surface area contributed by atoms with Crippen molar-refractivity contribution in [3.63, 3.8) is 0 Å². The standard InChI is InChI=1S/C41H70N2O8/c1-13-33(46-12)31(6)38-34(48-38)27-40(8,9)20-15-16-29(4)37-30(5)17-18-35(49-39(45)43-24-22-42(11)23-25-43)41(10,51-32(7)47-14-2)21-19-28(3)26-36(44)50-37/h15-18,20,28,30-35,37-38H,13-14,19,21-27H2,1-12H3/b18-17+,20-15+,29-16+/t28-,30+,31-,32?,33+,34-,35+,37-,38-,41-/m1/s1. The van der Waals surface area contributed by atoms with E-state index >= 15 is 0 Å². The Kier molecular flexibility index (Phi) is 16.7. The van der Waals surface area contributed by atoms with Crippen LogP contribution in [0.4, 0.5) is 4.79 Å². The van der Waals surface area contributed by atoms with E-state index in [1.165, 1.54) is 0 Å². The summed E-state index contributed by atoms with van der Waals surface area (Å²) in [6.45, 7) is 24.0. The smallest absolute Gasteiger partial charge is 0.410 e. The molecule has 3 aliphatic rings. The Morgan fingerprint density at radius 1 is 1.14 bits per heavy atom. The van der Waals surface area contributed by atoms with Crippen molar-refractivity contribution >= 4 is 12.1 Å². The lowest BCUT2D eigenvalue weighted by atomic mass is 9.84. The molecule has 0 spiro atoms. The van der Waals surface area contributed by atoms with Gasteiger partial charge in [0.2, 0.25) is 0 Å². The van der Waals surface area contributed by atoms with Crippen molar-refractivity contribution in [2.45, 2.75) is 144 Å². The lowest BCUT2D eigenvalue weighted by Crippen LogP contribution is -2.51. The topological polar surface area (TPSA) is 99.3 Å². The molecule has 292 valence electrons. The van der Waals surface area contributed by atoms with Crippen LogP contribution in [0.25, 0.3) is 0 Å². The SMILES string of the molecule is CCOC(C)O[C@]1(C)CC[C@@H](C)CC(=O)O[C@H](/C(C)=C/C=C/C(C)(C)C[C@H]2O[C@@H]2[C@H](C)[C@H](CC)OC)[C@@H](C)/C=C/[C@@H]1OC(=O)N1CCN(C)CC1. The zero-order valence-electron chi connectivity index (χ0n) is 33.8. The number of amides is 1. The number of hydrogen-bond acceptors (Lipinski definition) is 9. The average Bonchev–Trinajstić information content (AvgIpc) is 3.82. The highest BCUT2D eigenvalue weighted by Crippen LogP contribution is 2.41. The number of likely N-dealkylation sites (N-methyl/N-ethyl adjacent to an activating group) is 1. The van der Waals surface area contributed by atoms with Gasteiger partial charge in [-0.2, -0.15) is 0 Å². The number of ether oxygens (including phenoxy) is 6. The predicted molar refractivity (Wildman–Crippen MR) is 201 cm³/mol. The summed E-state index contributed by atoms with van der Waals surface area (Å²) in [5.74, 6) is -0.0310. The highest BCUT2D eigenvalue weighted by molar-refractivity contribution is 5.70. The van der Waals surface area contributed by atoms with E-state index in [-0.39, 0.29) is 54.0 Å². The third-order valence-electron chi connectivity index (χ3n) is 10.9. The van der Waals surface area contributed by atoms with E-state index in [0.29, 0.717) is 38.5 Å². The number of epoxide rings is 1. The molecule has 0 saturated carbocycles. The summed E-state index contributed by atoms with van der Waals surface area (Å²) >= 11 is 0. The first-order valence-corrected chi connectivity index (χ1v) is 19.4. The first kappa shape index (κ1) is 43.2. The summed E-state index contributed by atoms with van der Waals surface area (Å²) in [7, 11) is 3.83. The molecule has 3 rings (SSSR count). The number of methoxy groups -OCH3 is 1. The summed E-state index contributed by atoms with van der Waals surface area (Å²) in [5.41, 5.74) is -0.0340. The average molecular weight is 719 g/mol. The normalized spacial score (nSPS) is 32.7. The van der Waals surface area contributed by atoms with E-state index in [0.717, 1.165) is 31.5 Å². The molecule has 0 aromatic rings. The van der Waals surface area contributed by atoms with Gasteiger partial charge < -0.3 is 38.2 Å². The van der Waals surface area contributed by atoms with Gasteiger partial charge in [0.1, 0.15) is 11.7 Å². The van der Waals surface area contributed by atoms with Gasteiger partial charge in [-0.3, -0.25) is 4.79 Å². The molecular weight excluding hydrogens is 648 g/mol. The molecule has 10 heteroatoms. The number of allylic oxidation sites excluding steroid dienone is 3. The molecule has 1 unspecified atom stereocenters. The van der Waals surface area contributed by atoms with Crippen LogP contribution in [-0.4, -0.2) is 111 Å². The maximum atomic E-state index is 13.6. The van der Waals surface area contributed by atoms with Crippen LogP contribution >= 0.6 is 0 Å². The first-order valence-electron chi connectivity index (χ1n) is 19.4. The summed E-state index contributed by atoms with van der Waals surface area (Å²) in [6, 6.07) is 0. The molecular formula is C41H70N2O8. The lowest BCUT2D eigenvalue weighted by Gasteiger charge is -2.40. The molecule has 2 fully saturated rings. The number of piperazine rings is 1. The van der Waals surface area contributed by atoms with Crippen LogP contribution < -0.4 is 0 Å². The molecule has 0 radical (unpaired) electrons. The Morgan fingerprint density at radius 2 is 1.82 bits per heavy atom. The molecule has 3 heterocycles. The van der Waals surface area contributed by atoms with Gasteiger partial charge in [0, 0.05) is 58.2 Å². The minimum absolute atomic E-state index is 0.0360. The molecule has 2 saturated heterocycles. The molecule has 0 bridgehead atoms. The maximum Gasteiger partial charge on any atom is 0.410 e. The fourth-order valence-electron chi connectivity index (χ4n) is 7.45. The molecule has 10 nitrogen and oxygen atoms in total. The van der Waals surface area contributed by atoms with Crippen molar-refractivity contribution in [2.24, 2.45) is 23.2 Å². The molecule has 1 amide bonds. The van der Waals surface area contributed by atoms with Crippen LogP contribution in [0, 0.1) is 23.2 Å². The molecule has 0 aromatic heterocycles. The van der Waals surface area contributed by atoms with E-state index in [1.807, 2.05) is 52.8 Å². The van der Waals surface area contributed by atoms with Crippen LogP contribution in [0.1, 0.15) is 101 Å². The fourth-order valence-corrected chi connectivity index (χ4v) is 7.45. The van der Waals surface area contributed by atoms with Crippen molar-refractivity contribution < 1.29 is 38.0 Å². The van der Waals surface area contributed by atoms with Gasteiger partial charge in [-0.25, -0.2) is 4.79 Å². The van der Waals surface area contributed by atoms with Crippen molar-refractivity contribution in [3.05, 3.63) is 36.0 Å². The van der Waals surface area contributed by atoms with Crippen molar-refractivity contribution in [1.29, 1.82) is 0 Å². The van der Waals surface area contributed by atoms with Gasteiger partial charge in [0.25, 0.3) is 0 Å². The monoisotopic (exact) mass is 719 g/mol. The van der Waals surface area contributed by atoms with Crippen LogP contribution in [0.5, 0.6) is 0 Å². The Morgan fingerprint density at radius 3 is 2.45 bits per heavy atom. The highest BCUT2D eigenvalue weighted by atomic mass is 16.7. The summed E-state index contributed by atoms with van der Waals surface area (Å²) in [5, 5.41) is 0. The van der Waals surface area contributed by atoms with E-state index < -0.39 is 24.1 Å². The van der Waals surface area contributed by atoms with E-state index in [2.05, 4.69) is 58.7 Å². The number of rotatable bonds is 14. The summed E-state index contributed by atoms with van der Waals surface area (Å²) < 4.78 is 36.6. The Hall–Kier alpha value is -2.24. The Bertz CT molecular complexity index is 1190. The fraction of sp³-hybridized carbons (Fsp3) is 0.805. The largest absolute Gasteiger partial charge is 0.457 e. The minimum atomic E-state index is -0.887. The second-order valence-corrected chi connectivity index (χ2v) is 16.2. The zero-order chi connectivity index (χ0) is 37.9. The number of nitrogens with zero attached hydrogens (tertiary/aromatic N) is 2. The van der Waals surface area contributed by atoms with Gasteiger partial charge in [-0.1, -0.05) is 65.8 Å². The second-order valence-electron chi connectivity index (χ2n) is 16.2. The van der Waals surface area contributed by atoms with Gasteiger partial charge >= 0.3 is 12.1 Å². The van der Waals surface area contributed by atoms with Crippen molar-refractivity contribution in [3.8, 4) is 0 Å². The Labute approximate surface area is 309 Å². The van der Waals surface area contributed by atoms with Crippen LogP contribution in [0.15, 0.2) is 36.0 Å². The molecule has 0 aromatic carbocycles. The molecule has 3 aliphatic heterocycles.